The fraction of sp³-hybridized carbons (Fsp3) is 0.286. The highest BCUT2D eigenvalue weighted by Crippen LogP contribution is 2.25. The van der Waals surface area contributed by atoms with Crippen molar-refractivity contribution in [3.63, 3.8) is 0 Å². The summed E-state index contributed by atoms with van der Waals surface area (Å²) in [7, 11) is 3.57. The second kappa shape index (κ2) is 6.98. The number of hydrogen-bond acceptors (Lipinski definition) is 5. The first-order valence-corrected chi connectivity index (χ1v) is 7.05. The zero-order chi connectivity index (χ0) is 14.4. The molecule has 20 heavy (non-hydrogen) atoms. The van der Waals surface area contributed by atoms with Crippen LogP contribution in [0.4, 0.5) is 0 Å². The summed E-state index contributed by atoms with van der Waals surface area (Å²) in [6, 6.07) is 5.84. The van der Waals surface area contributed by atoms with Crippen LogP contribution in [0.2, 0.25) is 0 Å². The van der Waals surface area contributed by atoms with Crippen molar-refractivity contribution in [1.29, 1.82) is 0 Å². The summed E-state index contributed by atoms with van der Waals surface area (Å²) in [5, 5.41) is 8.78. The molecule has 1 aromatic carbocycles. The third kappa shape index (κ3) is 3.53. The van der Waals surface area contributed by atoms with Crippen molar-refractivity contribution in [2.45, 2.75) is 10.9 Å². The first-order valence-electron chi connectivity index (χ1n) is 6.07. The van der Waals surface area contributed by atoms with Crippen molar-refractivity contribution in [2.75, 3.05) is 13.7 Å². The molecule has 0 radical (unpaired) electrons. The summed E-state index contributed by atoms with van der Waals surface area (Å²) in [6.45, 7) is 0.349. The van der Waals surface area contributed by atoms with Crippen molar-refractivity contribution in [3.8, 4) is 17.6 Å². The Bertz CT molecular complexity index is 642. The number of aromatic nitrogens is 3. The molecule has 0 amide bonds. The number of thioether (sulfide) groups is 1. The Morgan fingerprint density at radius 3 is 2.95 bits per heavy atom. The molecule has 1 heterocycles. The van der Waals surface area contributed by atoms with Gasteiger partial charge in [-0.15, -0.1) is 10.2 Å². The molecule has 0 bridgehead atoms. The van der Waals surface area contributed by atoms with Gasteiger partial charge in [0.15, 0.2) is 5.16 Å². The van der Waals surface area contributed by atoms with Crippen LogP contribution < -0.4 is 10.5 Å². The number of methoxy groups -OCH3 is 1. The average molecular weight is 288 g/mol. The molecule has 104 valence electrons. The SMILES string of the molecule is COc1ccc(C#CCN)c(CSc2nncn2C)c1. The van der Waals surface area contributed by atoms with Gasteiger partial charge < -0.3 is 15.0 Å². The topological polar surface area (TPSA) is 66.0 Å². The highest BCUT2D eigenvalue weighted by Gasteiger charge is 2.07. The Labute approximate surface area is 122 Å². The van der Waals surface area contributed by atoms with Crippen LogP contribution in [0.3, 0.4) is 0 Å². The maximum absolute atomic E-state index is 5.43. The van der Waals surface area contributed by atoms with Gasteiger partial charge in [0, 0.05) is 18.4 Å². The molecule has 6 heteroatoms. The number of rotatable bonds is 4. The lowest BCUT2D eigenvalue weighted by molar-refractivity contribution is 0.414. The van der Waals surface area contributed by atoms with Gasteiger partial charge in [-0.3, -0.25) is 0 Å². The van der Waals surface area contributed by atoms with Gasteiger partial charge >= 0.3 is 0 Å². The van der Waals surface area contributed by atoms with Crippen LogP contribution >= 0.6 is 11.8 Å². The van der Waals surface area contributed by atoms with Gasteiger partial charge in [0.2, 0.25) is 0 Å². The van der Waals surface area contributed by atoms with Gasteiger partial charge in [0.05, 0.1) is 13.7 Å². The molecular formula is C14H16N4OS. The summed E-state index contributed by atoms with van der Waals surface area (Å²) < 4.78 is 7.14. The lowest BCUT2D eigenvalue weighted by atomic mass is 10.1. The molecule has 2 rings (SSSR count). The number of ether oxygens (including phenoxy) is 1. The van der Waals surface area contributed by atoms with Gasteiger partial charge in [-0.05, 0) is 23.8 Å². The first kappa shape index (κ1) is 14.4. The third-order valence-corrected chi connectivity index (χ3v) is 3.75. The number of nitrogens with zero attached hydrogens (tertiary/aromatic N) is 3. The Morgan fingerprint density at radius 2 is 2.30 bits per heavy atom. The van der Waals surface area contributed by atoms with Crippen LogP contribution in [0.5, 0.6) is 5.75 Å². The van der Waals surface area contributed by atoms with Gasteiger partial charge in [0.25, 0.3) is 0 Å². The predicted octanol–water partition coefficient (Wildman–Crippen LogP) is 1.43. The van der Waals surface area contributed by atoms with E-state index in [4.69, 9.17) is 10.5 Å². The highest BCUT2D eigenvalue weighted by atomic mass is 32.2. The summed E-state index contributed by atoms with van der Waals surface area (Å²) in [6.07, 6.45) is 1.68. The van der Waals surface area contributed by atoms with Crippen LogP contribution in [0.25, 0.3) is 0 Å². The lowest BCUT2D eigenvalue weighted by Crippen LogP contribution is -1.96. The predicted molar refractivity (Wildman–Crippen MR) is 79.5 cm³/mol. The molecule has 0 aliphatic rings. The Kier molecular flexibility index (Phi) is 5.04. The van der Waals surface area contributed by atoms with Crippen molar-refractivity contribution in [3.05, 3.63) is 35.7 Å². The third-order valence-electron chi connectivity index (χ3n) is 2.66. The number of aryl methyl sites for hydroxylation is 1. The minimum atomic E-state index is 0.349. The second-order valence-electron chi connectivity index (χ2n) is 4.04. The molecule has 0 fully saturated rings. The Hall–Kier alpha value is -1.97. The van der Waals surface area contributed by atoms with E-state index < -0.39 is 0 Å². The molecule has 5 nitrogen and oxygen atoms in total. The first-order chi connectivity index (χ1) is 9.74. The smallest absolute Gasteiger partial charge is 0.191 e. The van der Waals surface area contributed by atoms with Crippen LogP contribution in [0.1, 0.15) is 11.1 Å². The average Bonchev–Trinajstić information content (AvgIpc) is 2.88. The van der Waals surface area contributed by atoms with Crippen molar-refractivity contribution >= 4 is 11.8 Å². The molecule has 2 aromatic rings. The van der Waals surface area contributed by atoms with E-state index in [1.165, 1.54) is 0 Å². The van der Waals surface area contributed by atoms with E-state index in [1.807, 2.05) is 29.8 Å². The second-order valence-corrected chi connectivity index (χ2v) is 4.98. The van der Waals surface area contributed by atoms with Gasteiger partial charge in [-0.1, -0.05) is 23.6 Å². The van der Waals surface area contributed by atoms with E-state index in [0.29, 0.717) is 6.54 Å². The maximum Gasteiger partial charge on any atom is 0.191 e. The minimum absolute atomic E-state index is 0.349. The minimum Gasteiger partial charge on any atom is -0.497 e. The Balaban J connectivity index is 2.21. The van der Waals surface area contributed by atoms with Gasteiger partial charge in [-0.2, -0.15) is 0 Å². The summed E-state index contributed by atoms with van der Waals surface area (Å²) in [5.74, 6) is 7.53. The quantitative estimate of drug-likeness (QED) is 0.681. The molecular weight excluding hydrogens is 272 g/mol. The van der Waals surface area contributed by atoms with E-state index in [0.717, 1.165) is 27.8 Å². The lowest BCUT2D eigenvalue weighted by Gasteiger charge is -2.07. The molecule has 0 aliphatic heterocycles. The monoisotopic (exact) mass is 288 g/mol. The van der Waals surface area contributed by atoms with Crippen LogP contribution in [-0.2, 0) is 12.8 Å². The summed E-state index contributed by atoms with van der Waals surface area (Å²) in [4.78, 5) is 0. The molecule has 0 unspecified atom stereocenters. The number of hydrogen-bond donors (Lipinski definition) is 1. The standard InChI is InChI=1S/C14H16N4OS/c1-18-10-16-17-14(18)20-9-12-8-13(19-2)6-5-11(12)4-3-7-15/h5-6,8,10H,7,9,15H2,1-2H3. The van der Waals surface area contributed by atoms with Crippen molar-refractivity contribution in [1.82, 2.24) is 14.8 Å². The molecule has 0 aliphatic carbocycles. The zero-order valence-corrected chi connectivity index (χ0v) is 12.3. The van der Waals surface area contributed by atoms with Crippen molar-refractivity contribution < 1.29 is 4.74 Å². The maximum atomic E-state index is 5.43. The van der Waals surface area contributed by atoms with E-state index in [2.05, 4.69) is 22.0 Å². The van der Waals surface area contributed by atoms with E-state index in [9.17, 15) is 0 Å². The van der Waals surface area contributed by atoms with Crippen LogP contribution in [0, 0.1) is 11.8 Å². The molecule has 1 aromatic heterocycles. The van der Waals surface area contributed by atoms with Gasteiger partial charge in [0.1, 0.15) is 12.1 Å². The van der Waals surface area contributed by atoms with E-state index >= 15 is 0 Å². The van der Waals surface area contributed by atoms with Gasteiger partial charge in [-0.25, -0.2) is 0 Å². The summed E-state index contributed by atoms with van der Waals surface area (Å²) in [5.41, 5.74) is 7.49. The fourth-order valence-electron chi connectivity index (χ4n) is 1.63. The largest absolute Gasteiger partial charge is 0.497 e. The molecule has 0 saturated carbocycles. The Morgan fingerprint density at radius 1 is 1.45 bits per heavy atom. The highest BCUT2D eigenvalue weighted by molar-refractivity contribution is 7.98. The van der Waals surface area contributed by atoms with E-state index in [1.54, 1.807) is 25.2 Å². The molecule has 0 saturated heterocycles. The molecule has 0 atom stereocenters. The van der Waals surface area contributed by atoms with Crippen LogP contribution in [-0.4, -0.2) is 28.4 Å². The van der Waals surface area contributed by atoms with Crippen LogP contribution in [0.15, 0.2) is 29.7 Å². The van der Waals surface area contributed by atoms with E-state index in [-0.39, 0.29) is 0 Å². The normalized spacial score (nSPS) is 9.95. The number of benzene rings is 1. The zero-order valence-electron chi connectivity index (χ0n) is 11.5. The summed E-state index contributed by atoms with van der Waals surface area (Å²) >= 11 is 1.61. The number of nitrogens with two attached hydrogens (primary N) is 1. The molecule has 2 N–H and O–H groups in total. The molecule has 0 spiro atoms. The fourth-order valence-corrected chi connectivity index (χ4v) is 2.51. The van der Waals surface area contributed by atoms with Crippen molar-refractivity contribution in [2.24, 2.45) is 12.8 Å².